The first kappa shape index (κ1) is 25.3. The van der Waals surface area contributed by atoms with Gasteiger partial charge in [-0.2, -0.15) is 0 Å². The Labute approximate surface area is 223 Å². The van der Waals surface area contributed by atoms with Crippen LogP contribution in [0.5, 0.6) is 5.75 Å². The predicted octanol–water partition coefficient (Wildman–Crippen LogP) is 6.11. The van der Waals surface area contributed by atoms with Crippen LogP contribution in [0.2, 0.25) is 5.02 Å². The monoisotopic (exact) mass is 537 g/mol. The summed E-state index contributed by atoms with van der Waals surface area (Å²) in [6, 6.07) is 16.6. The van der Waals surface area contributed by atoms with Crippen LogP contribution in [-0.2, 0) is 5.75 Å². The van der Waals surface area contributed by atoms with E-state index < -0.39 is 5.82 Å². The van der Waals surface area contributed by atoms with Gasteiger partial charge in [-0.05, 0) is 73.9 Å². The van der Waals surface area contributed by atoms with E-state index in [1.807, 2.05) is 4.90 Å². The lowest BCUT2D eigenvalue weighted by Crippen LogP contribution is -2.35. The number of carbonyl (C=O) groups is 1. The van der Waals surface area contributed by atoms with Gasteiger partial charge in [0, 0.05) is 35.0 Å². The second kappa shape index (κ2) is 10.9. The van der Waals surface area contributed by atoms with Gasteiger partial charge in [-0.25, -0.2) is 9.37 Å². The lowest BCUT2D eigenvalue weighted by Gasteiger charge is -2.26. The summed E-state index contributed by atoms with van der Waals surface area (Å²) in [7, 11) is 1.57. The number of benzene rings is 3. The van der Waals surface area contributed by atoms with E-state index in [9.17, 15) is 14.0 Å². The van der Waals surface area contributed by atoms with Crippen molar-refractivity contribution in [2.45, 2.75) is 30.2 Å². The molecule has 1 aliphatic heterocycles. The van der Waals surface area contributed by atoms with Crippen molar-refractivity contribution in [2.75, 3.05) is 20.2 Å². The summed E-state index contributed by atoms with van der Waals surface area (Å²) in [5.74, 6) is 0.341. The van der Waals surface area contributed by atoms with E-state index in [1.54, 1.807) is 61.7 Å². The molecule has 0 N–H and O–H groups in total. The van der Waals surface area contributed by atoms with E-state index >= 15 is 0 Å². The Morgan fingerprint density at radius 1 is 1.08 bits per heavy atom. The molecule has 0 bridgehead atoms. The second-order valence-corrected chi connectivity index (χ2v) is 10.2. The summed E-state index contributed by atoms with van der Waals surface area (Å²) in [6.45, 7) is 1.46. The number of thioether (sulfide) groups is 1. The minimum atomic E-state index is -0.423. The summed E-state index contributed by atoms with van der Waals surface area (Å²) in [5, 5.41) is 1.06. The predicted molar refractivity (Wildman–Crippen MR) is 145 cm³/mol. The van der Waals surface area contributed by atoms with Gasteiger partial charge in [0.1, 0.15) is 11.6 Å². The van der Waals surface area contributed by atoms with Crippen LogP contribution in [0.3, 0.4) is 0 Å². The number of nitrogens with zero attached hydrogens (tertiary/aromatic N) is 3. The first-order chi connectivity index (χ1) is 18.0. The Hall–Kier alpha value is -3.36. The lowest BCUT2D eigenvalue weighted by atomic mass is 10.1. The number of halogens is 2. The largest absolute Gasteiger partial charge is 0.497 e. The Balaban J connectivity index is 1.60. The van der Waals surface area contributed by atoms with E-state index in [0.29, 0.717) is 43.6 Å². The zero-order valence-electron chi connectivity index (χ0n) is 20.2. The molecular weight excluding hydrogens is 513 g/mol. The molecule has 6 nitrogen and oxygen atoms in total. The molecule has 0 radical (unpaired) electrons. The van der Waals surface area contributed by atoms with Crippen molar-refractivity contribution in [2.24, 2.45) is 0 Å². The fraction of sp³-hybridized carbons (Fsp3) is 0.250. The summed E-state index contributed by atoms with van der Waals surface area (Å²) in [5.41, 5.74) is 1.56. The molecule has 1 saturated heterocycles. The van der Waals surface area contributed by atoms with Gasteiger partial charge in [-0.1, -0.05) is 29.4 Å². The molecule has 0 unspecified atom stereocenters. The third kappa shape index (κ3) is 5.22. The minimum absolute atomic E-state index is 0.0601. The molecule has 9 heteroatoms. The average molecular weight is 538 g/mol. The Bertz CT molecular complexity index is 1500. The molecular formula is C28H25ClFN3O3S. The van der Waals surface area contributed by atoms with E-state index in [-0.39, 0.29) is 17.2 Å². The van der Waals surface area contributed by atoms with Crippen molar-refractivity contribution in [3.63, 3.8) is 0 Å². The second-order valence-electron chi connectivity index (χ2n) is 8.81. The molecule has 5 rings (SSSR count). The third-order valence-electron chi connectivity index (χ3n) is 6.47. The van der Waals surface area contributed by atoms with E-state index in [2.05, 4.69) is 0 Å². The lowest BCUT2D eigenvalue weighted by molar-refractivity contribution is 0.0724. The number of methoxy groups -OCH3 is 1. The average Bonchev–Trinajstić information content (AvgIpc) is 2.93. The standard InChI is InChI=1S/C28H25ClFN3O3S/c1-36-20-11-9-19(10-12-20)33-27(35)21-13-8-18(26(34)32-14-3-2-4-15-32)16-25(21)31-28(33)37-17-22-23(29)6-5-7-24(22)30/h5-13,16H,2-4,14-15,17H2,1H3. The molecule has 3 aromatic carbocycles. The van der Waals surface area contributed by atoms with Crippen molar-refractivity contribution in [1.29, 1.82) is 0 Å². The van der Waals surface area contributed by atoms with Crippen molar-refractivity contribution >= 4 is 40.2 Å². The minimum Gasteiger partial charge on any atom is -0.497 e. The number of hydrogen-bond acceptors (Lipinski definition) is 5. The van der Waals surface area contributed by atoms with Crippen LogP contribution in [-0.4, -0.2) is 40.6 Å². The molecule has 37 heavy (non-hydrogen) atoms. The Morgan fingerprint density at radius 2 is 1.84 bits per heavy atom. The van der Waals surface area contributed by atoms with Gasteiger partial charge < -0.3 is 9.64 Å². The molecule has 0 saturated carbocycles. The summed E-state index contributed by atoms with van der Waals surface area (Å²) >= 11 is 7.45. The van der Waals surface area contributed by atoms with Gasteiger partial charge in [-0.3, -0.25) is 14.2 Å². The first-order valence-electron chi connectivity index (χ1n) is 12.0. The van der Waals surface area contributed by atoms with Crippen molar-refractivity contribution < 1.29 is 13.9 Å². The molecule has 1 aliphatic rings. The molecule has 1 amide bonds. The van der Waals surface area contributed by atoms with Gasteiger partial charge in [-0.15, -0.1) is 0 Å². The molecule has 1 aromatic heterocycles. The van der Waals surface area contributed by atoms with Crippen LogP contribution in [0.4, 0.5) is 4.39 Å². The number of hydrogen-bond donors (Lipinski definition) is 0. The summed E-state index contributed by atoms with van der Waals surface area (Å²) in [4.78, 5) is 33.4. The van der Waals surface area contributed by atoms with Crippen LogP contribution >= 0.6 is 23.4 Å². The van der Waals surface area contributed by atoms with Crippen molar-refractivity contribution in [3.05, 3.63) is 93.0 Å². The van der Waals surface area contributed by atoms with Crippen LogP contribution in [0.25, 0.3) is 16.6 Å². The third-order valence-corrected chi connectivity index (χ3v) is 7.79. The first-order valence-corrected chi connectivity index (χ1v) is 13.4. The molecule has 190 valence electrons. The zero-order chi connectivity index (χ0) is 25.9. The van der Waals surface area contributed by atoms with Crippen molar-refractivity contribution in [1.82, 2.24) is 14.5 Å². The Morgan fingerprint density at radius 3 is 2.54 bits per heavy atom. The highest BCUT2D eigenvalue weighted by molar-refractivity contribution is 7.98. The van der Waals surface area contributed by atoms with Gasteiger partial charge in [0.05, 0.1) is 23.7 Å². The van der Waals surface area contributed by atoms with E-state index in [0.717, 1.165) is 32.4 Å². The molecule has 4 aromatic rings. The van der Waals surface area contributed by atoms with Gasteiger partial charge in [0.15, 0.2) is 5.16 Å². The zero-order valence-corrected chi connectivity index (χ0v) is 21.8. The fourth-order valence-corrected chi connectivity index (χ4v) is 5.80. The number of aromatic nitrogens is 2. The topological polar surface area (TPSA) is 64.4 Å². The number of piperidine rings is 1. The van der Waals surface area contributed by atoms with Crippen LogP contribution in [0.1, 0.15) is 35.2 Å². The highest BCUT2D eigenvalue weighted by Crippen LogP contribution is 2.30. The van der Waals surface area contributed by atoms with Crippen LogP contribution in [0, 0.1) is 5.82 Å². The molecule has 0 spiro atoms. The maximum atomic E-state index is 14.5. The molecule has 0 aliphatic carbocycles. The summed E-state index contributed by atoms with van der Waals surface area (Å²) < 4.78 is 21.2. The smallest absolute Gasteiger partial charge is 0.266 e. The van der Waals surface area contributed by atoms with Crippen LogP contribution in [0.15, 0.2) is 70.6 Å². The number of likely N-dealkylation sites (tertiary alicyclic amines) is 1. The number of rotatable bonds is 6. The quantitative estimate of drug-likeness (QED) is 0.219. The summed E-state index contributed by atoms with van der Waals surface area (Å²) in [6.07, 6.45) is 3.10. The highest BCUT2D eigenvalue weighted by atomic mass is 35.5. The van der Waals surface area contributed by atoms with E-state index in [1.165, 1.54) is 22.4 Å². The number of carbonyl (C=O) groups excluding carboxylic acids is 1. The highest BCUT2D eigenvalue weighted by Gasteiger charge is 2.21. The van der Waals surface area contributed by atoms with Crippen LogP contribution < -0.4 is 10.3 Å². The van der Waals surface area contributed by atoms with Gasteiger partial charge in [0.2, 0.25) is 0 Å². The van der Waals surface area contributed by atoms with Gasteiger partial charge >= 0.3 is 0 Å². The maximum absolute atomic E-state index is 14.5. The SMILES string of the molecule is COc1ccc(-n2c(SCc3c(F)cccc3Cl)nc3cc(C(=O)N4CCCCC4)ccc3c2=O)cc1. The van der Waals surface area contributed by atoms with Gasteiger partial charge in [0.25, 0.3) is 11.5 Å². The Kier molecular flexibility index (Phi) is 7.48. The van der Waals surface area contributed by atoms with Crippen molar-refractivity contribution in [3.8, 4) is 11.4 Å². The number of amides is 1. The van der Waals surface area contributed by atoms with E-state index in [4.69, 9.17) is 21.3 Å². The maximum Gasteiger partial charge on any atom is 0.266 e. The molecule has 0 atom stereocenters. The molecule has 1 fully saturated rings. The number of ether oxygens (including phenoxy) is 1. The molecule has 2 heterocycles. The fourth-order valence-electron chi connectivity index (χ4n) is 4.44. The number of fused-ring (bicyclic) bond motifs is 1. The normalized spacial score (nSPS) is 13.6.